The van der Waals surface area contributed by atoms with E-state index in [1.807, 2.05) is 6.07 Å². The molecule has 1 aliphatic carbocycles. The third-order valence-corrected chi connectivity index (χ3v) is 3.28. The van der Waals surface area contributed by atoms with E-state index in [2.05, 4.69) is 12.1 Å². The highest BCUT2D eigenvalue weighted by Crippen LogP contribution is 2.42. The van der Waals surface area contributed by atoms with E-state index in [0.717, 1.165) is 16.8 Å². The predicted molar refractivity (Wildman–Crippen MR) is 68.2 cm³/mol. The fourth-order valence-electron chi connectivity index (χ4n) is 2.12. The first-order valence-electron chi connectivity index (χ1n) is 5.89. The molecule has 86 valence electrons. The van der Waals surface area contributed by atoms with Crippen molar-refractivity contribution < 1.29 is 4.39 Å². The highest BCUT2D eigenvalue weighted by atomic mass is 19.1. The van der Waals surface area contributed by atoms with Gasteiger partial charge < -0.3 is 5.73 Å². The van der Waals surface area contributed by atoms with Crippen molar-refractivity contribution >= 4 is 5.69 Å². The van der Waals surface area contributed by atoms with Crippen molar-refractivity contribution in [1.82, 2.24) is 0 Å². The highest BCUT2D eigenvalue weighted by molar-refractivity contribution is 5.77. The van der Waals surface area contributed by atoms with Crippen molar-refractivity contribution in [2.24, 2.45) is 0 Å². The van der Waals surface area contributed by atoms with Gasteiger partial charge in [-0.15, -0.1) is 0 Å². The second kappa shape index (κ2) is 3.88. The van der Waals surface area contributed by atoms with Crippen LogP contribution in [0.1, 0.15) is 24.3 Å². The summed E-state index contributed by atoms with van der Waals surface area (Å²) in [4.78, 5) is 0. The first-order valence-corrected chi connectivity index (χ1v) is 5.89. The Kier molecular flexibility index (Phi) is 2.36. The summed E-state index contributed by atoms with van der Waals surface area (Å²) in [6.07, 6.45) is 2.54. The fourth-order valence-corrected chi connectivity index (χ4v) is 2.12. The molecule has 2 aromatic carbocycles. The molecule has 3 rings (SSSR count). The van der Waals surface area contributed by atoms with Gasteiger partial charge in [0, 0.05) is 11.3 Å². The molecule has 1 nitrogen and oxygen atoms in total. The molecule has 2 heteroatoms. The maximum absolute atomic E-state index is 12.9. The summed E-state index contributed by atoms with van der Waals surface area (Å²) >= 11 is 0. The lowest BCUT2D eigenvalue weighted by atomic mass is 9.99. The normalized spacial score (nSPS) is 14.9. The summed E-state index contributed by atoms with van der Waals surface area (Å²) in [6, 6.07) is 12.7. The lowest BCUT2D eigenvalue weighted by Crippen LogP contribution is -1.92. The van der Waals surface area contributed by atoms with Gasteiger partial charge in [0.15, 0.2) is 0 Å². The van der Waals surface area contributed by atoms with Gasteiger partial charge in [-0.3, -0.25) is 0 Å². The zero-order valence-corrected chi connectivity index (χ0v) is 9.49. The Morgan fingerprint density at radius 3 is 2.35 bits per heavy atom. The summed E-state index contributed by atoms with van der Waals surface area (Å²) in [5.41, 5.74) is 10.1. The van der Waals surface area contributed by atoms with Gasteiger partial charge in [0.1, 0.15) is 5.82 Å². The number of anilines is 1. The SMILES string of the molecule is Nc1ccc(C2CC2)cc1-c1ccc(F)cc1. The van der Waals surface area contributed by atoms with Crippen molar-refractivity contribution in [2.45, 2.75) is 18.8 Å². The van der Waals surface area contributed by atoms with Gasteiger partial charge >= 0.3 is 0 Å². The molecule has 0 saturated heterocycles. The average Bonchev–Trinajstić information content (AvgIpc) is 3.15. The number of benzene rings is 2. The van der Waals surface area contributed by atoms with Gasteiger partial charge in [-0.25, -0.2) is 4.39 Å². The Bertz CT molecular complexity index is 541. The van der Waals surface area contributed by atoms with Crippen LogP contribution in [-0.2, 0) is 0 Å². The molecule has 0 aliphatic heterocycles. The molecule has 1 saturated carbocycles. The van der Waals surface area contributed by atoms with Crippen molar-refractivity contribution in [2.75, 3.05) is 5.73 Å². The van der Waals surface area contributed by atoms with E-state index in [4.69, 9.17) is 5.73 Å². The smallest absolute Gasteiger partial charge is 0.123 e. The standard InChI is InChI=1S/C15H14FN/c16-13-6-3-11(4-7-13)14-9-12(10-1-2-10)5-8-15(14)17/h3-10H,1-2,17H2. The third kappa shape index (κ3) is 2.03. The van der Waals surface area contributed by atoms with E-state index in [1.54, 1.807) is 12.1 Å². The van der Waals surface area contributed by atoms with Gasteiger partial charge in [-0.2, -0.15) is 0 Å². The van der Waals surface area contributed by atoms with E-state index in [9.17, 15) is 4.39 Å². The summed E-state index contributed by atoms with van der Waals surface area (Å²) in [6.45, 7) is 0. The van der Waals surface area contributed by atoms with Gasteiger partial charge in [0.25, 0.3) is 0 Å². The molecule has 0 unspecified atom stereocenters. The van der Waals surface area contributed by atoms with Crippen LogP contribution in [0, 0.1) is 5.82 Å². The van der Waals surface area contributed by atoms with Crippen molar-refractivity contribution in [3.63, 3.8) is 0 Å². The van der Waals surface area contributed by atoms with Crippen LogP contribution in [-0.4, -0.2) is 0 Å². The maximum Gasteiger partial charge on any atom is 0.123 e. The van der Waals surface area contributed by atoms with Crippen LogP contribution >= 0.6 is 0 Å². The maximum atomic E-state index is 12.9. The summed E-state index contributed by atoms with van der Waals surface area (Å²) in [7, 11) is 0. The van der Waals surface area contributed by atoms with Crippen molar-refractivity contribution in [3.8, 4) is 11.1 Å². The van der Waals surface area contributed by atoms with Crippen LogP contribution in [0.3, 0.4) is 0 Å². The van der Waals surface area contributed by atoms with Gasteiger partial charge in [-0.05, 0) is 54.2 Å². The molecule has 0 atom stereocenters. The number of nitrogens with two attached hydrogens (primary N) is 1. The summed E-state index contributed by atoms with van der Waals surface area (Å²) in [5.74, 6) is 0.487. The monoisotopic (exact) mass is 227 g/mol. The molecule has 0 aromatic heterocycles. The first-order chi connectivity index (χ1) is 8.24. The third-order valence-electron chi connectivity index (χ3n) is 3.28. The van der Waals surface area contributed by atoms with E-state index in [0.29, 0.717) is 5.92 Å². The molecule has 0 spiro atoms. The Morgan fingerprint density at radius 1 is 1.00 bits per heavy atom. The minimum atomic E-state index is -0.217. The minimum absolute atomic E-state index is 0.217. The number of hydrogen-bond acceptors (Lipinski definition) is 1. The lowest BCUT2D eigenvalue weighted by Gasteiger charge is -2.08. The molecule has 0 amide bonds. The second-order valence-corrected chi connectivity index (χ2v) is 4.63. The Morgan fingerprint density at radius 2 is 1.71 bits per heavy atom. The Hall–Kier alpha value is -1.83. The van der Waals surface area contributed by atoms with Crippen LogP contribution in [0.2, 0.25) is 0 Å². The van der Waals surface area contributed by atoms with E-state index in [1.165, 1.54) is 30.5 Å². The fraction of sp³-hybridized carbons (Fsp3) is 0.200. The number of hydrogen-bond donors (Lipinski definition) is 1. The van der Waals surface area contributed by atoms with Crippen molar-refractivity contribution in [3.05, 3.63) is 53.8 Å². The summed E-state index contributed by atoms with van der Waals surface area (Å²) in [5, 5.41) is 0. The number of rotatable bonds is 2. The Labute approximate surface area is 100 Å². The first kappa shape index (κ1) is 10.3. The van der Waals surface area contributed by atoms with Gasteiger partial charge in [-0.1, -0.05) is 18.2 Å². The van der Waals surface area contributed by atoms with Gasteiger partial charge in [0.05, 0.1) is 0 Å². The average molecular weight is 227 g/mol. The van der Waals surface area contributed by atoms with Crippen LogP contribution < -0.4 is 5.73 Å². The topological polar surface area (TPSA) is 26.0 Å². The predicted octanol–water partition coefficient (Wildman–Crippen LogP) is 3.95. The van der Waals surface area contributed by atoms with Crippen molar-refractivity contribution in [1.29, 1.82) is 0 Å². The molecule has 0 heterocycles. The quantitative estimate of drug-likeness (QED) is 0.772. The largest absolute Gasteiger partial charge is 0.398 e. The number of nitrogen functional groups attached to an aromatic ring is 1. The molecule has 1 aliphatic rings. The molecule has 2 N–H and O–H groups in total. The molecule has 0 radical (unpaired) electrons. The molecule has 1 fully saturated rings. The van der Waals surface area contributed by atoms with E-state index >= 15 is 0 Å². The van der Waals surface area contributed by atoms with Crippen LogP contribution in [0.25, 0.3) is 11.1 Å². The van der Waals surface area contributed by atoms with Crippen LogP contribution in [0.5, 0.6) is 0 Å². The summed E-state index contributed by atoms with van der Waals surface area (Å²) < 4.78 is 12.9. The van der Waals surface area contributed by atoms with E-state index in [-0.39, 0.29) is 5.82 Å². The molecular formula is C15H14FN. The zero-order chi connectivity index (χ0) is 11.8. The minimum Gasteiger partial charge on any atom is -0.398 e. The molecular weight excluding hydrogens is 213 g/mol. The molecule has 17 heavy (non-hydrogen) atoms. The van der Waals surface area contributed by atoms with Gasteiger partial charge in [0.2, 0.25) is 0 Å². The van der Waals surface area contributed by atoms with E-state index < -0.39 is 0 Å². The number of halogens is 1. The van der Waals surface area contributed by atoms with Crippen LogP contribution in [0.4, 0.5) is 10.1 Å². The zero-order valence-electron chi connectivity index (χ0n) is 9.49. The molecule has 2 aromatic rings. The second-order valence-electron chi connectivity index (χ2n) is 4.63. The Balaban J connectivity index is 2.05. The highest BCUT2D eigenvalue weighted by Gasteiger charge is 2.23. The molecule has 0 bridgehead atoms. The lowest BCUT2D eigenvalue weighted by molar-refractivity contribution is 0.628. The van der Waals surface area contributed by atoms with Crippen LogP contribution in [0.15, 0.2) is 42.5 Å².